The van der Waals surface area contributed by atoms with E-state index in [0.717, 1.165) is 44.1 Å². The van der Waals surface area contributed by atoms with E-state index in [1.165, 1.54) is 0 Å². The Morgan fingerprint density at radius 1 is 1.25 bits per heavy atom. The summed E-state index contributed by atoms with van der Waals surface area (Å²) < 4.78 is 5.37. The van der Waals surface area contributed by atoms with Crippen LogP contribution < -0.4 is 5.32 Å². The number of rotatable bonds is 7. The lowest BCUT2D eigenvalue weighted by Crippen LogP contribution is -2.39. The van der Waals surface area contributed by atoms with Crippen molar-refractivity contribution < 1.29 is 14.3 Å². The van der Waals surface area contributed by atoms with Crippen LogP contribution in [-0.4, -0.2) is 24.5 Å². The summed E-state index contributed by atoms with van der Waals surface area (Å²) in [7, 11) is 0. The molecule has 0 unspecified atom stereocenters. The highest BCUT2D eigenvalue weighted by molar-refractivity contribution is 6.30. The van der Waals surface area contributed by atoms with Crippen LogP contribution in [0.1, 0.15) is 57.9 Å². The second-order valence-corrected chi connectivity index (χ2v) is 7.07. The van der Waals surface area contributed by atoms with E-state index in [9.17, 15) is 9.59 Å². The van der Waals surface area contributed by atoms with E-state index in [1.807, 2.05) is 19.1 Å². The number of hydrogen-bond donors (Lipinski definition) is 1. The molecule has 0 aliphatic heterocycles. The fourth-order valence-electron chi connectivity index (χ4n) is 3.45. The standard InChI is InChI=1S/C19H26ClNO3/c1-3-6-14(2)21-17(22)13-24-18(23)19(11-4-5-12-19)15-7-9-16(20)10-8-15/h7-10,14H,3-6,11-13H2,1-2H3,(H,21,22)/t14-/m1/s1. The van der Waals surface area contributed by atoms with Crippen molar-refractivity contribution in [2.75, 3.05) is 6.61 Å². The van der Waals surface area contributed by atoms with Crippen LogP contribution in [0, 0.1) is 0 Å². The molecular weight excluding hydrogens is 326 g/mol. The Morgan fingerprint density at radius 3 is 2.46 bits per heavy atom. The van der Waals surface area contributed by atoms with Crippen molar-refractivity contribution in [2.45, 2.75) is 63.8 Å². The van der Waals surface area contributed by atoms with Gasteiger partial charge in [-0.2, -0.15) is 0 Å². The number of carbonyl (C=O) groups is 2. The Morgan fingerprint density at radius 2 is 1.88 bits per heavy atom. The van der Waals surface area contributed by atoms with Gasteiger partial charge in [0.2, 0.25) is 0 Å². The van der Waals surface area contributed by atoms with Gasteiger partial charge in [0.15, 0.2) is 6.61 Å². The van der Waals surface area contributed by atoms with Gasteiger partial charge < -0.3 is 10.1 Å². The van der Waals surface area contributed by atoms with Crippen molar-refractivity contribution in [2.24, 2.45) is 0 Å². The molecule has 24 heavy (non-hydrogen) atoms. The first kappa shape index (κ1) is 18.8. The molecule has 1 aromatic carbocycles. The molecule has 1 aromatic rings. The molecule has 0 heterocycles. The first-order valence-electron chi connectivity index (χ1n) is 8.70. The highest BCUT2D eigenvalue weighted by Gasteiger charge is 2.44. The van der Waals surface area contributed by atoms with Gasteiger partial charge in [-0.3, -0.25) is 9.59 Å². The summed E-state index contributed by atoms with van der Waals surface area (Å²) in [6.07, 6.45) is 5.38. The molecule has 132 valence electrons. The van der Waals surface area contributed by atoms with E-state index in [2.05, 4.69) is 12.2 Å². The molecule has 0 aromatic heterocycles. The zero-order valence-corrected chi connectivity index (χ0v) is 15.2. The number of ether oxygens (including phenoxy) is 1. The average molecular weight is 352 g/mol. The number of carbonyl (C=O) groups excluding carboxylic acids is 2. The Labute approximate surface area is 148 Å². The molecule has 1 N–H and O–H groups in total. The first-order valence-corrected chi connectivity index (χ1v) is 9.08. The third-order valence-corrected chi connectivity index (χ3v) is 4.96. The summed E-state index contributed by atoms with van der Waals surface area (Å²) in [5.41, 5.74) is 0.286. The predicted octanol–water partition coefficient (Wildman–Crippen LogP) is 4.00. The fourth-order valence-corrected chi connectivity index (χ4v) is 3.58. The lowest BCUT2D eigenvalue weighted by molar-refractivity contribution is -0.154. The molecule has 0 spiro atoms. The number of benzene rings is 1. The van der Waals surface area contributed by atoms with E-state index in [4.69, 9.17) is 16.3 Å². The number of amides is 1. The fraction of sp³-hybridized carbons (Fsp3) is 0.579. The van der Waals surface area contributed by atoms with E-state index in [1.54, 1.807) is 12.1 Å². The highest BCUT2D eigenvalue weighted by Crippen LogP contribution is 2.42. The Kier molecular flexibility index (Phi) is 6.67. The molecule has 1 saturated carbocycles. The van der Waals surface area contributed by atoms with Crippen LogP contribution >= 0.6 is 11.6 Å². The minimum atomic E-state index is -0.639. The van der Waals surface area contributed by atoms with Gasteiger partial charge in [0.05, 0.1) is 5.41 Å². The van der Waals surface area contributed by atoms with E-state index >= 15 is 0 Å². The molecule has 1 aliphatic carbocycles. The second kappa shape index (κ2) is 8.52. The maximum absolute atomic E-state index is 12.7. The van der Waals surface area contributed by atoms with Gasteiger partial charge in [0, 0.05) is 11.1 Å². The Hall–Kier alpha value is -1.55. The summed E-state index contributed by atoms with van der Waals surface area (Å²) in [6.45, 7) is 3.80. The number of halogens is 1. The van der Waals surface area contributed by atoms with Gasteiger partial charge in [0.1, 0.15) is 0 Å². The van der Waals surface area contributed by atoms with E-state index < -0.39 is 5.41 Å². The van der Waals surface area contributed by atoms with Crippen molar-refractivity contribution >= 4 is 23.5 Å². The van der Waals surface area contributed by atoms with Crippen molar-refractivity contribution in [1.82, 2.24) is 5.32 Å². The van der Waals surface area contributed by atoms with Gasteiger partial charge in [-0.1, -0.05) is 49.9 Å². The lowest BCUT2D eigenvalue weighted by atomic mass is 9.79. The summed E-state index contributed by atoms with van der Waals surface area (Å²) >= 11 is 5.95. The summed E-state index contributed by atoms with van der Waals surface area (Å²) in [5, 5.41) is 3.50. The summed E-state index contributed by atoms with van der Waals surface area (Å²) in [4.78, 5) is 24.7. The molecule has 2 rings (SSSR count). The van der Waals surface area contributed by atoms with E-state index in [-0.39, 0.29) is 24.5 Å². The third kappa shape index (κ3) is 4.50. The van der Waals surface area contributed by atoms with Crippen LogP contribution in [0.4, 0.5) is 0 Å². The minimum Gasteiger partial charge on any atom is -0.455 e. The normalized spacial score (nSPS) is 17.3. The van der Waals surface area contributed by atoms with Crippen molar-refractivity contribution in [3.8, 4) is 0 Å². The van der Waals surface area contributed by atoms with Gasteiger partial charge in [0.25, 0.3) is 5.91 Å². The number of esters is 1. The zero-order chi connectivity index (χ0) is 17.6. The molecule has 1 fully saturated rings. The first-order chi connectivity index (χ1) is 11.5. The molecule has 0 bridgehead atoms. The van der Waals surface area contributed by atoms with Crippen LogP contribution in [0.15, 0.2) is 24.3 Å². The van der Waals surface area contributed by atoms with Crippen LogP contribution in [0.5, 0.6) is 0 Å². The maximum atomic E-state index is 12.7. The summed E-state index contributed by atoms with van der Waals surface area (Å²) in [5.74, 6) is -0.547. The largest absolute Gasteiger partial charge is 0.455 e. The maximum Gasteiger partial charge on any atom is 0.317 e. The smallest absolute Gasteiger partial charge is 0.317 e. The minimum absolute atomic E-state index is 0.0953. The van der Waals surface area contributed by atoms with Crippen LogP contribution in [-0.2, 0) is 19.7 Å². The lowest BCUT2D eigenvalue weighted by Gasteiger charge is -2.27. The van der Waals surface area contributed by atoms with E-state index in [0.29, 0.717) is 5.02 Å². The van der Waals surface area contributed by atoms with Gasteiger partial charge in [-0.15, -0.1) is 0 Å². The number of hydrogen-bond acceptors (Lipinski definition) is 3. The monoisotopic (exact) mass is 351 g/mol. The predicted molar refractivity (Wildman–Crippen MR) is 95.1 cm³/mol. The molecule has 1 aliphatic rings. The van der Waals surface area contributed by atoms with Crippen molar-refractivity contribution in [3.63, 3.8) is 0 Å². The zero-order valence-electron chi connectivity index (χ0n) is 14.4. The molecular formula is C19H26ClNO3. The summed E-state index contributed by atoms with van der Waals surface area (Å²) in [6, 6.07) is 7.46. The second-order valence-electron chi connectivity index (χ2n) is 6.63. The Balaban J connectivity index is 2.00. The molecule has 0 saturated heterocycles. The van der Waals surface area contributed by atoms with Crippen LogP contribution in [0.2, 0.25) is 5.02 Å². The van der Waals surface area contributed by atoms with Gasteiger partial charge >= 0.3 is 5.97 Å². The highest BCUT2D eigenvalue weighted by atomic mass is 35.5. The van der Waals surface area contributed by atoms with Gasteiger partial charge in [-0.25, -0.2) is 0 Å². The molecule has 1 atom stereocenters. The van der Waals surface area contributed by atoms with Crippen molar-refractivity contribution in [3.05, 3.63) is 34.9 Å². The molecule has 4 nitrogen and oxygen atoms in total. The van der Waals surface area contributed by atoms with Crippen molar-refractivity contribution in [1.29, 1.82) is 0 Å². The quantitative estimate of drug-likeness (QED) is 0.755. The van der Waals surface area contributed by atoms with Gasteiger partial charge in [-0.05, 0) is 43.9 Å². The SMILES string of the molecule is CCC[C@@H](C)NC(=O)COC(=O)C1(c2ccc(Cl)cc2)CCCC1. The van der Waals surface area contributed by atoms with Crippen LogP contribution in [0.25, 0.3) is 0 Å². The molecule has 1 amide bonds. The van der Waals surface area contributed by atoms with Crippen LogP contribution in [0.3, 0.4) is 0 Å². The topological polar surface area (TPSA) is 55.4 Å². The molecule has 5 heteroatoms. The molecule has 0 radical (unpaired) electrons. The average Bonchev–Trinajstić information content (AvgIpc) is 3.04. The Bertz CT molecular complexity index is 564. The third-order valence-electron chi connectivity index (χ3n) is 4.71. The number of nitrogens with one attached hydrogen (secondary N) is 1.